The molecule has 4 aromatic carbocycles. The molecule has 0 radical (unpaired) electrons. The summed E-state index contributed by atoms with van der Waals surface area (Å²) in [5.74, 6) is 0.869. The van der Waals surface area contributed by atoms with E-state index < -0.39 is 11.9 Å². The van der Waals surface area contributed by atoms with Gasteiger partial charge in [-0.15, -0.1) is 0 Å². The topological polar surface area (TPSA) is 74.4 Å². The van der Waals surface area contributed by atoms with Gasteiger partial charge in [-0.25, -0.2) is 9.59 Å². The number of carbonyl (C=O) groups is 2. The molecular weight excluding hydrogens is 684 g/mol. The van der Waals surface area contributed by atoms with Gasteiger partial charge in [-0.3, -0.25) is 0 Å². The maximum absolute atomic E-state index is 13.0. The molecular formula is C46H53ClO6. The van der Waals surface area contributed by atoms with E-state index in [-0.39, 0.29) is 0 Å². The fourth-order valence-electron chi connectivity index (χ4n) is 7.07. The Kier molecular flexibility index (Phi) is 14.4. The Morgan fingerprint density at radius 2 is 1.19 bits per heavy atom. The zero-order valence-electron chi connectivity index (χ0n) is 31.1. The van der Waals surface area contributed by atoms with Crippen molar-refractivity contribution < 1.29 is 28.5 Å². The smallest absolute Gasteiger partial charge is 0.343 e. The maximum atomic E-state index is 13.0. The zero-order chi connectivity index (χ0) is 36.8. The lowest BCUT2D eigenvalue weighted by Crippen LogP contribution is -2.09. The zero-order valence-corrected chi connectivity index (χ0v) is 31.9. The third-order valence-electron chi connectivity index (χ3n) is 10.3. The number of fused-ring (bicyclic) bond motifs is 3. The Morgan fingerprint density at radius 1 is 0.642 bits per heavy atom. The van der Waals surface area contributed by atoms with Crippen LogP contribution in [0.1, 0.15) is 134 Å². The van der Waals surface area contributed by atoms with Crippen molar-refractivity contribution in [1.82, 2.24) is 0 Å². The predicted octanol–water partition coefficient (Wildman–Crippen LogP) is 12.2. The van der Waals surface area contributed by atoms with Gasteiger partial charge in [0, 0.05) is 5.02 Å². The highest BCUT2D eigenvalue weighted by molar-refractivity contribution is 6.31. The number of esters is 2. The van der Waals surface area contributed by atoms with Gasteiger partial charge < -0.3 is 18.9 Å². The molecule has 1 aliphatic heterocycles. The van der Waals surface area contributed by atoms with Crippen molar-refractivity contribution >= 4 is 23.5 Å². The van der Waals surface area contributed by atoms with Gasteiger partial charge in [0.05, 0.1) is 30.4 Å². The second-order valence-electron chi connectivity index (χ2n) is 14.5. The highest BCUT2D eigenvalue weighted by Crippen LogP contribution is 2.40. The Labute approximate surface area is 320 Å². The van der Waals surface area contributed by atoms with Crippen LogP contribution in [-0.4, -0.2) is 31.3 Å². The molecule has 2 aliphatic rings. The molecule has 0 spiro atoms. The van der Waals surface area contributed by atoms with E-state index in [1.54, 1.807) is 24.3 Å². The molecule has 1 aliphatic carbocycles. The van der Waals surface area contributed by atoms with E-state index in [2.05, 4.69) is 6.92 Å². The quantitative estimate of drug-likeness (QED) is 0.0305. The second kappa shape index (κ2) is 19.8. The summed E-state index contributed by atoms with van der Waals surface area (Å²) in [5, 5.41) is 0.607. The van der Waals surface area contributed by atoms with Crippen molar-refractivity contribution in [2.75, 3.05) is 13.2 Å². The number of hydrogen-bond donors (Lipinski definition) is 0. The fourth-order valence-corrected chi connectivity index (χ4v) is 7.34. The normalized spacial score (nSPS) is 14.0. The molecule has 53 heavy (non-hydrogen) atoms. The first kappa shape index (κ1) is 38.6. The van der Waals surface area contributed by atoms with Crippen LogP contribution in [0.25, 0.3) is 11.1 Å². The van der Waals surface area contributed by atoms with Crippen LogP contribution >= 0.6 is 11.6 Å². The second-order valence-corrected chi connectivity index (χ2v) is 14.9. The molecule has 1 heterocycles. The van der Waals surface area contributed by atoms with Gasteiger partial charge >= 0.3 is 11.9 Å². The van der Waals surface area contributed by atoms with Gasteiger partial charge in [0.15, 0.2) is 0 Å². The third-order valence-corrected chi connectivity index (χ3v) is 10.6. The molecule has 0 aromatic heterocycles. The van der Waals surface area contributed by atoms with Crippen LogP contribution in [0.4, 0.5) is 0 Å². The first-order chi connectivity index (χ1) is 26.0. The largest absolute Gasteiger partial charge is 0.494 e. The molecule has 1 atom stereocenters. The highest BCUT2D eigenvalue weighted by Gasteiger charge is 2.22. The number of aryl methyl sites for hydroxylation is 1. The van der Waals surface area contributed by atoms with Crippen molar-refractivity contribution in [2.24, 2.45) is 0 Å². The minimum absolute atomic E-state index is 0.416. The monoisotopic (exact) mass is 736 g/mol. The van der Waals surface area contributed by atoms with Crippen molar-refractivity contribution in [3.63, 3.8) is 0 Å². The summed E-state index contributed by atoms with van der Waals surface area (Å²) in [4.78, 5) is 26.0. The molecule has 280 valence electrons. The summed E-state index contributed by atoms with van der Waals surface area (Å²) in [5.41, 5.74) is 6.21. The number of unbranched alkanes of at least 4 members (excludes halogenated alkanes) is 11. The first-order valence-corrected chi connectivity index (χ1v) is 20.2. The van der Waals surface area contributed by atoms with Crippen LogP contribution in [0, 0.1) is 0 Å². The molecule has 1 unspecified atom stereocenters. The lowest BCUT2D eigenvalue weighted by molar-refractivity contribution is 0.0725. The molecule has 7 heteroatoms. The fraction of sp³-hybridized carbons (Fsp3) is 0.435. The Bertz CT molecular complexity index is 1810. The first-order valence-electron chi connectivity index (χ1n) is 19.8. The summed E-state index contributed by atoms with van der Waals surface area (Å²) < 4.78 is 22.7. The van der Waals surface area contributed by atoms with Gasteiger partial charge in [-0.1, -0.05) is 107 Å². The van der Waals surface area contributed by atoms with E-state index in [1.807, 2.05) is 54.6 Å². The van der Waals surface area contributed by atoms with Crippen molar-refractivity contribution in [3.8, 4) is 28.4 Å². The molecule has 6 rings (SSSR count). The number of carbonyl (C=O) groups excluding carboxylic acids is 2. The molecule has 0 saturated carbocycles. The van der Waals surface area contributed by atoms with Crippen molar-refractivity contribution in [2.45, 2.75) is 116 Å². The molecule has 4 aromatic rings. The van der Waals surface area contributed by atoms with E-state index in [0.717, 1.165) is 65.9 Å². The summed E-state index contributed by atoms with van der Waals surface area (Å²) in [6.45, 7) is 3.87. The van der Waals surface area contributed by atoms with Crippen LogP contribution in [0.2, 0.25) is 5.02 Å². The van der Waals surface area contributed by atoms with Gasteiger partial charge in [0.2, 0.25) is 0 Å². The summed E-state index contributed by atoms with van der Waals surface area (Å²) >= 11 is 6.57. The van der Waals surface area contributed by atoms with Gasteiger partial charge in [-0.05, 0) is 121 Å². The number of ether oxygens (including phenoxy) is 4. The average molecular weight is 737 g/mol. The van der Waals surface area contributed by atoms with Crippen LogP contribution < -0.4 is 14.2 Å². The van der Waals surface area contributed by atoms with E-state index in [0.29, 0.717) is 46.8 Å². The SMILES string of the molecule is CCCCCCCCCc1ccc(C(=O)Oc2ccc3c(c2)Cc2cc(OC(=O)c4ccc(OCCCCCCCCC5CO5)cc4)ccc2-3)cc1Cl. The molecule has 0 amide bonds. The van der Waals surface area contributed by atoms with Crippen LogP contribution in [0.5, 0.6) is 17.2 Å². The van der Waals surface area contributed by atoms with Gasteiger partial charge in [0.25, 0.3) is 0 Å². The van der Waals surface area contributed by atoms with E-state index in [4.69, 9.17) is 30.5 Å². The standard InChI is InChI=1S/C46H53ClO6/c1-2-3-4-5-6-9-12-15-33-17-18-35(31-44(33)47)46(49)53-40-24-26-43-37(30-40)28-36-29-39(23-25-42(36)43)52-45(48)34-19-21-38(22-20-34)50-27-14-11-8-7-10-13-16-41-32-51-41/h17-26,29-31,41H,2-16,27-28,32H2,1H3. The van der Waals surface area contributed by atoms with Crippen LogP contribution in [0.15, 0.2) is 78.9 Å². The van der Waals surface area contributed by atoms with E-state index in [1.165, 1.54) is 70.6 Å². The van der Waals surface area contributed by atoms with Crippen molar-refractivity contribution in [1.29, 1.82) is 0 Å². The van der Waals surface area contributed by atoms with Crippen LogP contribution in [-0.2, 0) is 17.6 Å². The number of halogens is 1. The molecule has 1 saturated heterocycles. The number of benzene rings is 4. The highest BCUT2D eigenvalue weighted by atomic mass is 35.5. The summed E-state index contributed by atoms with van der Waals surface area (Å²) in [7, 11) is 0. The third kappa shape index (κ3) is 11.7. The lowest BCUT2D eigenvalue weighted by Gasteiger charge is -2.09. The van der Waals surface area contributed by atoms with E-state index in [9.17, 15) is 9.59 Å². The average Bonchev–Trinajstić information content (AvgIpc) is 3.92. The molecule has 6 nitrogen and oxygen atoms in total. The van der Waals surface area contributed by atoms with Crippen molar-refractivity contribution in [3.05, 3.63) is 112 Å². The van der Waals surface area contributed by atoms with E-state index >= 15 is 0 Å². The summed E-state index contributed by atoms with van der Waals surface area (Å²) in [6.07, 6.45) is 19.3. The van der Waals surface area contributed by atoms with Crippen LogP contribution in [0.3, 0.4) is 0 Å². The molecule has 0 N–H and O–H groups in total. The maximum Gasteiger partial charge on any atom is 0.343 e. The lowest BCUT2D eigenvalue weighted by atomic mass is 10.0. The Balaban J connectivity index is 0.933. The predicted molar refractivity (Wildman–Crippen MR) is 212 cm³/mol. The molecule has 1 fully saturated rings. The summed E-state index contributed by atoms with van der Waals surface area (Å²) in [6, 6.07) is 24.0. The Hall–Kier alpha value is -4.13. The number of hydrogen-bond acceptors (Lipinski definition) is 6. The molecule has 0 bridgehead atoms. The van der Waals surface area contributed by atoms with Gasteiger partial charge in [0.1, 0.15) is 17.2 Å². The Morgan fingerprint density at radius 3 is 1.81 bits per heavy atom. The minimum Gasteiger partial charge on any atom is -0.494 e. The number of epoxide rings is 1. The number of rotatable bonds is 22. The minimum atomic E-state index is -0.435. The van der Waals surface area contributed by atoms with Gasteiger partial charge in [-0.2, -0.15) is 0 Å².